The number of hydrogen-bond acceptors (Lipinski definition) is 2. The molecule has 1 aromatic carbocycles. The minimum Gasteiger partial charge on any atom is -0.348 e. The first-order valence-corrected chi connectivity index (χ1v) is 7.12. The summed E-state index contributed by atoms with van der Waals surface area (Å²) in [5.74, 6) is 0. The lowest BCUT2D eigenvalue weighted by Gasteiger charge is -2.22. The third-order valence-corrected chi connectivity index (χ3v) is 4.01. The van der Waals surface area contributed by atoms with Crippen LogP contribution in [0, 0.1) is 0 Å². The largest absolute Gasteiger partial charge is 0.348 e. The van der Waals surface area contributed by atoms with E-state index < -0.39 is 0 Å². The molecular weight excluding hydrogens is 290 g/mol. The Labute approximate surface area is 115 Å². The third-order valence-electron chi connectivity index (χ3n) is 3.48. The molecule has 0 aliphatic carbocycles. The van der Waals surface area contributed by atoms with Crippen LogP contribution in [0.1, 0.15) is 29.4 Å². The number of fused-ring (bicyclic) bond motifs is 1. The highest BCUT2D eigenvalue weighted by Crippen LogP contribution is 2.24. The van der Waals surface area contributed by atoms with E-state index in [0.717, 1.165) is 30.3 Å². The van der Waals surface area contributed by atoms with Crippen molar-refractivity contribution in [1.82, 2.24) is 15.3 Å². The second-order valence-corrected chi connectivity index (χ2v) is 5.60. The van der Waals surface area contributed by atoms with Crippen molar-refractivity contribution in [2.45, 2.75) is 25.3 Å². The van der Waals surface area contributed by atoms with Gasteiger partial charge in [-0.1, -0.05) is 28.1 Å². The zero-order valence-electron chi connectivity index (χ0n) is 10.1. The smallest absolute Gasteiger partial charge is 0.0925 e. The standard InChI is InChI=1S/C14H16BrN3/c15-11-4-1-10(2-5-11)3-6-12-14-13(7-8-16-12)17-9-18-14/h1-2,4-5,9,12,16H,3,6-8H2,(H,17,18). The molecule has 18 heavy (non-hydrogen) atoms. The molecule has 1 atom stereocenters. The Morgan fingerprint density at radius 3 is 2.94 bits per heavy atom. The predicted octanol–water partition coefficient (Wildman–Crippen LogP) is 2.99. The van der Waals surface area contributed by atoms with Crippen molar-refractivity contribution in [3.8, 4) is 0 Å². The van der Waals surface area contributed by atoms with Crippen molar-refractivity contribution in [3.05, 3.63) is 52.0 Å². The fourth-order valence-corrected chi connectivity index (χ4v) is 2.77. The van der Waals surface area contributed by atoms with Gasteiger partial charge in [-0.2, -0.15) is 0 Å². The molecular formula is C14H16BrN3. The Hall–Kier alpha value is -1.13. The number of rotatable bonds is 3. The highest BCUT2D eigenvalue weighted by atomic mass is 79.9. The van der Waals surface area contributed by atoms with Crippen molar-refractivity contribution in [1.29, 1.82) is 0 Å². The third kappa shape index (κ3) is 2.49. The zero-order chi connectivity index (χ0) is 12.4. The number of aromatic nitrogens is 2. The van der Waals surface area contributed by atoms with Crippen LogP contribution in [-0.4, -0.2) is 16.5 Å². The molecule has 2 N–H and O–H groups in total. The fourth-order valence-electron chi connectivity index (χ4n) is 2.50. The molecule has 1 aliphatic heterocycles. The van der Waals surface area contributed by atoms with E-state index in [-0.39, 0.29) is 0 Å². The average Bonchev–Trinajstić information content (AvgIpc) is 2.87. The topological polar surface area (TPSA) is 40.7 Å². The number of hydrogen-bond donors (Lipinski definition) is 2. The molecule has 3 nitrogen and oxygen atoms in total. The van der Waals surface area contributed by atoms with Crippen LogP contribution in [-0.2, 0) is 12.8 Å². The van der Waals surface area contributed by atoms with E-state index in [1.807, 2.05) is 6.33 Å². The minimum atomic E-state index is 0.392. The van der Waals surface area contributed by atoms with Crippen LogP contribution in [0.25, 0.3) is 0 Å². The van der Waals surface area contributed by atoms with Gasteiger partial charge in [0.25, 0.3) is 0 Å². The number of benzene rings is 1. The van der Waals surface area contributed by atoms with Crippen molar-refractivity contribution in [3.63, 3.8) is 0 Å². The molecule has 0 saturated heterocycles. The maximum atomic E-state index is 4.44. The number of aromatic amines is 1. The van der Waals surface area contributed by atoms with Crippen molar-refractivity contribution < 1.29 is 0 Å². The molecule has 0 radical (unpaired) electrons. The van der Waals surface area contributed by atoms with Gasteiger partial charge in [0.05, 0.1) is 18.1 Å². The highest BCUT2D eigenvalue weighted by molar-refractivity contribution is 9.10. The Morgan fingerprint density at radius 2 is 2.11 bits per heavy atom. The quantitative estimate of drug-likeness (QED) is 0.915. The van der Waals surface area contributed by atoms with Gasteiger partial charge in [-0.3, -0.25) is 0 Å². The molecule has 0 fully saturated rings. The Morgan fingerprint density at radius 1 is 1.28 bits per heavy atom. The molecule has 3 rings (SSSR count). The van der Waals surface area contributed by atoms with E-state index in [2.05, 4.69) is 55.5 Å². The number of nitrogens with zero attached hydrogens (tertiary/aromatic N) is 1. The SMILES string of the molecule is Brc1ccc(CCC2NCCc3[nH]cnc32)cc1. The minimum absolute atomic E-state index is 0.392. The van der Waals surface area contributed by atoms with Gasteiger partial charge in [-0.25, -0.2) is 4.98 Å². The molecule has 0 saturated carbocycles. The van der Waals surface area contributed by atoms with Gasteiger partial charge in [0.1, 0.15) is 0 Å². The first-order chi connectivity index (χ1) is 8.83. The lowest BCUT2D eigenvalue weighted by Crippen LogP contribution is -2.30. The molecule has 1 aromatic heterocycles. The highest BCUT2D eigenvalue weighted by Gasteiger charge is 2.21. The molecule has 4 heteroatoms. The van der Waals surface area contributed by atoms with Gasteiger partial charge in [-0.15, -0.1) is 0 Å². The Balaban J connectivity index is 1.66. The van der Waals surface area contributed by atoms with E-state index in [1.165, 1.54) is 17.0 Å². The van der Waals surface area contributed by atoms with Crippen LogP contribution < -0.4 is 5.32 Å². The number of imidazole rings is 1. The second kappa shape index (κ2) is 5.24. The van der Waals surface area contributed by atoms with Gasteiger partial charge < -0.3 is 10.3 Å². The summed E-state index contributed by atoms with van der Waals surface area (Å²) in [6, 6.07) is 8.95. The second-order valence-electron chi connectivity index (χ2n) is 4.69. The number of aryl methyl sites for hydroxylation is 1. The van der Waals surface area contributed by atoms with E-state index in [0.29, 0.717) is 6.04 Å². The van der Waals surface area contributed by atoms with E-state index in [1.54, 1.807) is 0 Å². The molecule has 0 spiro atoms. The van der Waals surface area contributed by atoms with Crippen molar-refractivity contribution in [2.75, 3.05) is 6.54 Å². The maximum Gasteiger partial charge on any atom is 0.0925 e. The van der Waals surface area contributed by atoms with E-state index in [4.69, 9.17) is 0 Å². The lowest BCUT2D eigenvalue weighted by molar-refractivity contribution is 0.464. The Kier molecular flexibility index (Phi) is 3.48. The maximum absolute atomic E-state index is 4.44. The zero-order valence-corrected chi connectivity index (χ0v) is 11.7. The monoisotopic (exact) mass is 305 g/mol. The molecule has 0 amide bonds. The predicted molar refractivity (Wildman–Crippen MR) is 75.5 cm³/mol. The lowest BCUT2D eigenvalue weighted by atomic mass is 9.98. The first-order valence-electron chi connectivity index (χ1n) is 6.33. The van der Waals surface area contributed by atoms with Gasteiger partial charge in [0.2, 0.25) is 0 Å². The van der Waals surface area contributed by atoms with Crippen LogP contribution in [0.15, 0.2) is 35.1 Å². The summed E-state index contributed by atoms with van der Waals surface area (Å²) in [5.41, 5.74) is 3.88. The van der Waals surface area contributed by atoms with Crippen LogP contribution in [0.3, 0.4) is 0 Å². The number of H-pyrrole nitrogens is 1. The van der Waals surface area contributed by atoms with E-state index >= 15 is 0 Å². The molecule has 2 heterocycles. The van der Waals surface area contributed by atoms with Crippen LogP contribution >= 0.6 is 15.9 Å². The number of nitrogens with one attached hydrogen (secondary N) is 2. The van der Waals surface area contributed by atoms with Gasteiger partial charge in [0.15, 0.2) is 0 Å². The molecule has 1 aliphatic rings. The van der Waals surface area contributed by atoms with Gasteiger partial charge in [-0.05, 0) is 30.5 Å². The molecule has 2 aromatic rings. The molecule has 1 unspecified atom stereocenters. The van der Waals surface area contributed by atoms with Crippen molar-refractivity contribution >= 4 is 15.9 Å². The summed E-state index contributed by atoms with van der Waals surface area (Å²) in [6.07, 6.45) is 5.05. The summed E-state index contributed by atoms with van der Waals surface area (Å²) in [6.45, 7) is 1.04. The van der Waals surface area contributed by atoms with Gasteiger partial charge in [0, 0.05) is 23.1 Å². The van der Waals surface area contributed by atoms with E-state index in [9.17, 15) is 0 Å². The summed E-state index contributed by atoms with van der Waals surface area (Å²) in [5, 5.41) is 3.55. The average molecular weight is 306 g/mol. The Bertz CT molecular complexity index is 518. The van der Waals surface area contributed by atoms with Crippen LogP contribution in [0.4, 0.5) is 0 Å². The number of halogens is 1. The van der Waals surface area contributed by atoms with Crippen LogP contribution in [0.5, 0.6) is 0 Å². The normalized spacial score (nSPS) is 18.6. The van der Waals surface area contributed by atoms with Crippen LogP contribution in [0.2, 0.25) is 0 Å². The summed E-state index contributed by atoms with van der Waals surface area (Å²) in [7, 11) is 0. The van der Waals surface area contributed by atoms with Gasteiger partial charge >= 0.3 is 0 Å². The fraction of sp³-hybridized carbons (Fsp3) is 0.357. The summed E-state index contributed by atoms with van der Waals surface area (Å²) < 4.78 is 1.14. The molecule has 0 bridgehead atoms. The first kappa shape index (κ1) is 11.9. The molecule has 94 valence electrons. The van der Waals surface area contributed by atoms with Crippen molar-refractivity contribution in [2.24, 2.45) is 0 Å². The summed E-state index contributed by atoms with van der Waals surface area (Å²) >= 11 is 3.46. The summed E-state index contributed by atoms with van der Waals surface area (Å²) in [4.78, 5) is 7.67.